The van der Waals surface area contributed by atoms with E-state index < -0.39 is 5.97 Å². The lowest BCUT2D eigenvalue weighted by Gasteiger charge is -2.31. The zero-order chi connectivity index (χ0) is 21.8. The van der Waals surface area contributed by atoms with Crippen LogP contribution in [0.1, 0.15) is 55.3 Å². The number of ketones is 1. The Hall–Kier alpha value is -3.00. The van der Waals surface area contributed by atoms with E-state index in [0.717, 1.165) is 12.8 Å². The number of benzene rings is 1. The van der Waals surface area contributed by atoms with Gasteiger partial charge in [-0.2, -0.15) is 0 Å². The van der Waals surface area contributed by atoms with Gasteiger partial charge < -0.3 is 15.0 Å². The van der Waals surface area contributed by atoms with Gasteiger partial charge in [-0.25, -0.2) is 9.18 Å². The smallest absolute Gasteiger partial charge is 0.339 e. The van der Waals surface area contributed by atoms with Gasteiger partial charge in [0.15, 0.2) is 5.78 Å². The standard InChI is InChI=1S/C22H26FN3O4/c1-13-19(22(29)30-3)14(2)24-20(13)18(27)12-26-10-8-17(9-11-26)25-21(28)15-4-6-16(23)7-5-15/h4-7,17,24H,8-12H2,1-3H3,(H,25,28). The molecule has 160 valence electrons. The molecule has 0 bridgehead atoms. The molecule has 2 N–H and O–H groups in total. The van der Waals surface area contributed by atoms with Crippen molar-refractivity contribution in [3.63, 3.8) is 0 Å². The number of carbonyl (C=O) groups excluding carboxylic acids is 3. The Balaban J connectivity index is 1.53. The summed E-state index contributed by atoms with van der Waals surface area (Å²) in [5.74, 6) is -1.15. The molecular weight excluding hydrogens is 389 g/mol. The fourth-order valence-electron chi connectivity index (χ4n) is 3.82. The molecule has 1 aliphatic rings. The number of piperidine rings is 1. The first-order chi connectivity index (χ1) is 14.3. The molecule has 1 fully saturated rings. The summed E-state index contributed by atoms with van der Waals surface area (Å²) in [6.07, 6.45) is 1.44. The molecule has 30 heavy (non-hydrogen) atoms. The number of methoxy groups -OCH3 is 1. The number of rotatable bonds is 6. The molecule has 0 radical (unpaired) electrons. The van der Waals surface area contributed by atoms with Crippen LogP contribution in [0.5, 0.6) is 0 Å². The van der Waals surface area contributed by atoms with E-state index in [1.54, 1.807) is 13.8 Å². The predicted molar refractivity (Wildman–Crippen MR) is 109 cm³/mol. The van der Waals surface area contributed by atoms with E-state index in [4.69, 9.17) is 4.74 Å². The van der Waals surface area contributed by atoms with Crippen LogP contribution in [-0.2, 0) is 4.74 Å². The summed E-state index contributed by atoms with van der Waals surface area (Å²) in [6, 6.07) is 5.45. The largest absolute Gasteiger partial charge is 0.465 e. The molecule has 0 atom stereocenters. The molecule has 2 heterocycles. The van der Waals surface area contributed by atoms with Gasteiger partial charge >= 0.3 is 5.97 Å². The molecule has 1 aromatic heterocycles. The normalized spacial score (nSPS) is 15.1. The van der Waals surface area contributed by atoms with Crippen LogP contribution in [0, 0.1) is 19.7 Å². The van der Waals surface area contributed by atoms with Crippen LogP contribution in [0.2, 0.25) is 0 Å². The molecule has 0 spiro atoms. The van der Waals surface area contributed by atoms with E-state index in [1.165, 1.54) is 31.4 Å². The lowest BCUT2D eigenvalue weighted by molar-refractivity contribution is 0.0599. The number of esters is 1. The van der Waals surface area contributed by atoms with Crippen molar-refractivity contribution in [1.82, 2.24) is 15.2 Å². The molecule has 0 saturated carbocycles. The minimum Gasteiger partial charge on any atom is -0.465 e. The zero-order valence-corrected chi connectivity index (χ0v) is 17.4. The van der Waals surface area contributed by atoms with Crippen molar-refractivity contribution < 1.29 is 23.5 Å². The SMILES string of the molecule is COC(=O)c1c(C)[nH]c(C(=O)CN2CCC(NC(=O)c3ccc(F)cc3)CC2)c1C. The number of aryl methyl sites for hydroxylation is 1. The van der Waals surface area contributed by atoms with Gasteiger partial charge in [0.25, 0.3) is 5.91 Å². The summed E-state index contributed by atoms with van der Waals surface area (Å²) in [5.41, 5.74) is 2.48. The number of halogens is 1. The molecular formula is C22H26FN3O4. The van der Waals surface area contributed by atoms with Crippen molar-refractivity contribution in [2.75, 3.05) is 26.7 Å². The number of amides is 1. The minimum atomic E-state index is -0.460. The lowest BCUT2D eigenvalue weighted by Crippen LogP contribution is -2.46. The van der Waals surface area contributed by atoms with Gasteiger partial charge in [-0.05, 0) is 56.5 Å². The highest BCUT2D eigenvalue weighted by atomic mass is 19.1. The third kappa shape index (κ3) is 4.76. The average molecular weight is 415 g/mol. The maximum absolute atomic E-state index is 13.0. The highest BCUT2D eigenvalue weighted by Gasteiger charge is 2.26. The van der Waals surface area contributed by atoms with Crippen molar-refractivity contribution in [1.29, 1.82) is 0 Å². The molecule has 1 saturated heterocycles. The predicted octanol–water partition coefficient (Wildman–Crippen LogP) is 2.63. The van der Waals surface area contributed by atoms with Crippen LogP contribution >= 0.6 is 0 Å². The number of aromatic nitrogens is 1. The number of nitrogens with zero attached hydrogens (tertiary/aromatic N) is 1. The average Bonchev–Trinajstić information content (AvgIpc) is 3.03. The number of likely N-dealkylation sites (tertiary alicyclic amines) is 1. The second-order valence-corrected chi connectivity index (χ2v) is 7.57. The third-order valence-electron chi connectivity index (χ3n) is 5.50. The highest BCUT2D eigenvalue weighted by molar-refractivity contribution is 6.02. The first-order valence-corrected chi connectivity index (χ1v) is 9.89. The number of ether oxygens (including phenoxy) is 1. The van der Waals surface area contributed by atoms with Crippen LogP contribution in [0.15, 0.2) is 24.3 Å². The summed E-state index contributed by atoms with van der Waals surface area (Å²) >= 11 is 0. The molecule has 0 unspecified atom stereocenters. The highest BCUT2D eigenvalue weighted by Crippen LogP contribution is 2.20. The Kier molecular flexibility index (Phi) is 6.66. The maximum Gasteiger partial charge on any atom is 0.339 e. The molecule has 3 rings (SSSR count). The quantitative estimate of drug-likeness (QED) is 0.559. The molecule has 7 nitrogen and oxygen atoms in total. The van der Waals surface area contributed by atoms with E-state index in [-0.39, 0.29) is 30.1 Å². The van der Waals surface area contributed by atoms with E-state index in [1.807, 2.05) is 4.90 Å². The zero-order valence-electron chi connectivity index (χ0n) is 17.4. The Morgan fingerprint density at radius 1 is 1.17 bits per heavy atom. The number of carbonyl (C=O) groups is 3. The number of aromatic amines is 1. The topological polar surface area (TPSA) is 91.5 Å². The number of nitrogens with one attached hydrogen (secondary N) is 2. The Bertz CT molecular complexity index is 944. The molecule has 2 aromatic rings. The van der Waals surface area contributed by atoms with Crippen molar-refractivity contribution >= 4 is 17.7 Å². The van der Waals surface area contributed by atoms with Crippen LogP contribution in [0.4, 0.5) is 4.39 Å². The Morgan fingerprint density at radius 3 is 2.40 bits per heavy atom. The van der Waals surface area contributed by atoms with Gasteiger partial charge in [-0.15, -0.1) is 0 Å². The van der Waals surface area contributed by atoms with Gasteiger partial charge in [-0.3, -0.25) is 14.5 Å². The van der Waals surface area contributed by atoms with Gasteiger partial charge in [-0.1, -0.05) is 0 Å². The minimum absolute atomic E-state index is 0.00861. The number of hydrogen-bond donors (Lipinski definition) is 2. The fraction of sp³-hybridized carbons (Fsp3) is 0.409. The lowest BCUT2D eigenvalue weighted by atomic mass is 10.0. The van der Waals surface area contributed by atoms with Crippen molar-refractivity contribution in [2.45, 2.75) is 32.7 Å². The van der Waals surface area contributed by atoms with E-state index in [9.17, 15) is 18.8 Å². The summed E-state index contributed by atoms with van der Waals surface area (Å²) in [7, 11) is 1.31. The van der Waals surface area contributed by atoms with Gasteiger partial charge in [0.05, 0.1) is 24.9 Å². The number of Topliss-reactive ketones (excluding diaryl/α,β-unsaturated/α-hetero) is 1. The molecule has 1 aromatic carbocycles. The molecule has 8 heteroatoms. The first-order valence-electron chi connectivity index (χ1n) is 9.89. The second-order valence-electron chi connectivity index (χ2n) is 7.57. The van der Waals surface area contributed by atoms with Gasteiger partial charge in [0.1, 0.15) is 5.82 Å². The summed E-state index contributed by atoms with van der Waals surface area (Å²) in [6.45, 7) is 5.05. The second kappa shape index (κ2) is 9.21. The molecule has 1 aliphatic heterocycles. The van der Waals surface area contributed by atoms with E-state index in [2.05, 4.69) is 10.3 Å². The van der Waals surface area contributed by atoms with Crippen LogP contribution < -0.4 is 5.32 Å². The Labute approximate surface area is 174 Å². The van der Waals surface area contributed by atoms with Crippen LogP contribution in [0.3, 0.4) is 0 Å². The van der Waals surface area contributed by atoms with Crippen molar-refractivity contribution in [3.8, 4) is 0 Å². The van der Waals surface area contributed by atoms with Crippen LogP contribution in [-0.4, -0.2) is 60.3 Å². The summed E-state index contributed by atoms with van der Waals surface area (Å²) in [5, 5.41) is 2.97. The summed E-state index contributed by atoms with van der Waals surface area (Å²) < 4.78 is 17.8. The van der Waals surface area contributed by atoms with Crippen molar-refractivity contribution in [3.05, 3.63) is 58.2 Å². The molecule has 1 amide bonds. The maximum atomic E-state index is 13.0. The number of H-pyrrole nitrogens is 1. The summed E-state index contributed by atoms with van der Waals surface area (Å²) in [4.78, 5) is 42.0. The van der Waals surface area contributed by atoms with E-state index >= 15 is 0 Å². The fourth-order valence-corrected chi connectivity index (χ4v) is 3.82. The van der Waals surface area contributed by atoms with Gasteiger partial charge in [0, 0.05) is 30.4 Å². The number of hydrogen-bond acceptors (Lipinski definition) is 5. The Morgan fingerprint density at radius 2 is 1.80 bits per heavy atom. The van der Waals surface area contributed by atoms with Crippen LogP contribution in [0.25, 0.3) is 0 Å². The monoisotopic (exact) mass is 415 g/mol. The van der Waals surface area contributed by atoms with Crippen molar-refractivity contribution in [2.24, 2.45) is 0 Å². The first kappa shape index (κ1) is 21.7. The van der Waals surface area contributed by atoms with E-state index in [0.29, 0.717) is 41.2 Å². The molecule has 0 aliphatic carbocycles. The third-order valence-corrected chi connectivity index (χ3v) is 5.50. The van der Waals surface area contributed by atoms with Gasteiger partial charge in [0.2, 0.25) is 0 Å².